The summed E-state index contributed by atoms with van der Waals surface area (Å²) < 4.78 is 5.55. The Bertz CT molecular complexity index is 631. The molecule has 0 aliphatic carbocycles. The van der Waals surface area contributed by atoms with Crippen LogP contribution in [0.3, 0.4) is 0 Å². The Morgan fingerprint density at radius 2 is 2.15 bits per heavy atom. The van der Waals surface area contributed by atoms with Gasteiger partial charge in [-0.1, -0.05) is 18.2 Å². The lowest BCUT2D eigenvalue weighted by atomic mass is 10.1. The lowest BCUT2D eigenvalue weighted by molar-refractivity contribution is -0.122. The minimum Gasteiger partial charge on any atom is -0.451 e. The number of carbonyl (C=O) groups is 2. The maximum absolute atomic E-state index is 12.5. The van der Waals surface area contributed by atoms with Crippen LogP contribution in [0.1, 0.15) is 10.6 Å². The molecule has 1 fully saturated rings. The van der Waals surface area contributed by atoms with Crippen molar-refractivity contribution in [2.45, 2.75) is 6.04 Å². The Labute approximate surface area is 115 Å². The Balaban J connectivity index is 1.92. The number of para-hydroxylation sites is 1. The second-order valence-electron chi connectivity index (χ2n) is 4.77. The number of fused-ring (bicyclic) bond motifs is 1. The minimum absolute atomic E-state index is 0.236. The summed E-state index contributed by atoms with van der Waals surface area (Å²) in [7, 11) is 0. The van der Waals surface area contributed by atoms with Crippen LogP contribution in [0.15, 0.2) is 34.7 Å². The maximum Gasteiger partial charge on any atom is 0.290 e. The topological polar surface area (TPSA) is 88.6 Å². The van der Waals surface area contributed by atoms with Crippen molar-refractivity contribution in [2.75, 3.05) is 19.6 Å². The van der Waals surface area contributed by atoms with Crippen LogP contribution in [0.25, 0.3) is 11.0 Å². The first kappa shape index (κ1) is 12.7. The van der Waals surface area contributed by atoms with Crippen LogP contribution < -0.4 is 11.1 Å². The zero-order valence-electron chi connectivity index (χ0n) is 10.8. The van der Waals surface area contributed by atoms with Gasteiger partial charge in [-0.05, 0) is 12.1 Å². The van der Waals surface area contributed by atoms with Gasteiger partial charge < -0.3 is 20.4 Å². The Kier molecular flexibility index (Phi) is 3.15. The quantitative estimate of drug-likeness (QED) is 0.825. The van der Waals surface area contributed by atoms with E-state index >= 15 is 0 Å². The van der Waals surface area contributed by atoms with Gasteiger partial charge in [0, 0.05) is 25.0 Å². The summed E-state index contributed by atoms with van der Waals surface area (Å²) in [5, 5.41) is 3.92. The van der Waals surface area contributed by atoms with Crippen LogP contribution in [0.5, 0.6) is 0 Å². The van der Waals surface area contributed by atoms with Gasteiger partial charge in [0.15, 0.2) is 5.76 Å². The van der Waals surface area contributed by atoms with Crippen molar-refractivity contribution in [1.29, 1.82) is 0 Å². The van der Waals surface area contributed by atoms with Crippen LogP contribution in [-0.4, -0.2) is 42.4 Å². The number of piperazine rings is 1. The number of rotatable bonds is 2. The van der Waals surface area contributed by atoms with Crippen LogP contribution >= 0.6 is 0 Å². The first-order valence-corrected chi connectivity index (χ1v) is 6.46. The summed E-state index contributed by atoms with van der Waals surface area (Å²) in [6.07, 6.45) is 0. The van der Waals surface area contributed by atoms with Gasteiger partial charge in [-0.3, -0.25) is 9.59 Å². The molecular weight excluding hydrogens is 258 g/mol. The third-order valence-electron chi connectivity index (χ3n) is 3.47. The molecule has 1 unspecified atom stereocenters. The van der Waals surface area contributed by atoms with Crippen LogP contribution in [0, 0.1) is 0 Å². The van der Waals surface area contributed by atoms with Gasteiger partial charge in [0.2, 0.25) is 5.91 Å². The van der Waals surface area contributed by atoms with Gasteiger partial charge in [0.1, 0.15) is 11.6 Å². The average Bonchev–Trinajstić information content (AvgIpc) is 2.90. The molecule has 20 heavy (non-hydrogen) atoms. The molecule has 1 atom stereocenters. The van der Waals surface area contributed by atoms with E-state index in [1.54, 1.807) is 12.1 Å². The number of furan rings is 1. The zero-order valence-corrected chi connectivity index (χ0v) is 10.8. The van der Waals surface area contributed by atoms with E-state index in [1.807, 2.05) is 18.2 Å². The molecular formula is C14H15N3O3. The lowest BCUT2D eigenvalue weighted by Crippen LogP contribution is -2.58. The molecule has 3 rings (SSSR count). The number of nitrogens with one attached hydrogen (secondary N) is 1. The van der Waals surface area contributed by atoms with E-state index in [9.17, 15) is 9.59 Å². The molecule has 3 N–H and O–H groups in total. The highest BCUT2D eigenvalue weighted by molar-refractivity contribution is 5.98. The minimum atomic E-state index is -0.635. The predicted molar refractivity (Wildman–Crippen MR) is 73.1 cm³/mol. The number of primary amides is 1. The Morgan fingerprint density at radius 3 is 2.90 bits per heavy atom. The number of hydrogen-bond acceptors (Lipinski definition) is 4. The van der Waals surface area contributed by atoms with E-state index in [2.05, 4.69) is 5.32 Å². The van der Waals surface area contributed by atoms with E-state index in [1.165, 1.54) is 4.90 Å². The first-order chi connectivity index (χ1) is 9.66. The van der Waals surface area contributed by atoms with Gasteiger partial charge in [-0.25, -0.2) is 0 Å². The van der Waals surface area contributed by atoms with E-state index in [0.29, 0.717) is 25.2 Å². The maximum atomic E-state index is 12.5. The molecule has 6 nitrogen and oxygen atoms in total. The molecule has 2 amide bonds. The van der Waals surface area contributed by atoms with Gasteiger partial charge in [0.25, 0.3) is 5.91 Å². The number of nitrogens with zero attached hydrogens (tertiary/aromatic N) is 1. The van der Waals surface area contributed by atoms with Crippen molar-refractivity contribution >= 4 is 22.8 Å². The third kappa shape index (κ3) is 2.14. The van der Waals surface area contributed by atoms with Crippen LogP contribution in [-0.2, 0) is 4.79 Å². The number of amides is 2. The summed E-state index contributed by atoms with van der Waals surface area (Å²) in [6.45, 7) is 1.44. The van der Waals surface area contributed by atoms with Crippen molar-refractivity contribution in [2.24, 2.45) is 5.73 Å². The van der Waals surface area contributed by atoms with Gasteiger partial charge in [-0.15, -0.1) is 0 Å². The SMILES string of the molecule is NC(=O)C1CNCCN1C(=O)c1cc2ccccc2o1. The van der Waals surface area contributed by atoms with Crippen molar-refractivity contribution in [3.05, 3.63) is 36.1 Å². The zero-order chi connectivity index (χ0) is 14.1. The predicted octanol–water partition coefficient (Wildman–Crippen LogP) is 0.332. The van der Waals surface area contributed by atoms with Crippen molar-refractivity contribution in [3.8, 4) is 0 Å². The lowest BCUT2D eigenvalue weighted by Gasteiger charge is -2.33. The first-order valence-electron chi connectivity index (χ1n) is 6.46. The van der Waals surface area contributed by atoms with Crippen molar-refractivity contribution in [1.82, 2.24) is 10.2 Å². The van der Waals surface area contributed by atoms with Gasteiger partial charge >= 0.3 is 0 Å². The second-order valence-corrected chi connectivity index (χ2v) is 4.77. The molecule has 2 aromatic rings. The van der Waals surface area contributed by atoms with E-state index in [0.717, 1.165) is 5.39 Å². The standard InChI is InChI=1S/C14H15N3O3/c15-13(18)10-8-16-5-6-17(10)14(19)12-7-9-3-1-2-4-11(9)20-12/h1-4,7,10,16H,5-6,8H2,(H2,15,18). The van der Waals surface area contributed by atoms with E-state index in [4.69, 9.17) is 10.2 Å². The molecule has 1 saturated heterocycles. The molecule has 1 aromatic heterocycles. The molecule has 0 saturated carbocycles. The molecule has 104 valence electrons. The fourth-order valence-electron chi connectivity index (χ4n) is 2.43. The van der Waals surface area contributed by atoms with Crippen LogP contribution in [0.2, 0.25) is 0 Å². The number of hydrogen-bond donors (Lipinski definition) is 2. The summed E-state index contributed by atoms with van der Waals surface area (Å²) in [5.74, 6) is -0.576. The normalized spacial score (nSPS) is 19.2. The summed E-state index contributed by atoms with van der Waals surface area (Å²) in [6, 6.07) is 8.45. The van der Waals surface area contributed by atoms with E-state index in [-0.39, 0.29) is 11.7 Å². The number of carbonyl (C=O) groups excluding carboxylic acids is 2. The fraction of sp³-hybridized carbons (Fsp3) is 0.286. The molecule has 0 spiro atoms. The highest BCUT2D eigenvalue weighted by atomic mass is 16.3. The average molecular weight is 273 g/mol. The van der Waals surface area contributed by atoms with Crippen LogP contribution in [0.4, 0.5) is 0 Å². The Hall–Kier alpha value is -2.34. The molecule has 1 aromatic carbocycles. The summed E-state index contributed by atoms with van der Waals surface area (Å²) in [4.78, 5) is 25.4. The van der Waals surface area contributed by atoms with E-state index < -0.39 is 11.9 Å². The van der Waals surface area contributed by atoms with Crippen molar-refractivity contribution in [3.63, 3.8) is 0 Å². The third-order valence-corrected chi connectivity index (χ3v) is 3.47. The van der Waals surface area contributed by atoms with Gasteiger partial charge in [0.05, 0.1) is 0 Å². The molecule has 2 heterocycles. The van der Waals surface area contributed by atoms with Gasteiger partial charge in [-0.2, -0.15) is 0 Å². The fourth-order valence-corrected chi connectivity index (χ4v) is 2.43. The van der Waals surface area contributed by atoms with Crippen molar-refractivity contribution < 1.29 is 14.0 Å². The summed E-state index contributed by atoms with van der Waals surface area (Å²) in [5.41, 5.74) is 6.00. The Morgan fingerprint density at radius 1 is 1.35 bits per heavy atom. The smallest absolute Gasteiger partial charge is 0.290 e. The highest BCUT2D eigenvalue weighted by Crippen LogP contribution is 2.21. The molecule has 1 aliphatic heterocycles. The number of nitrogens with two attached hydrogens (primary N) is 1. The molecule has 1 aliphatic rings. The molecule has 0 bridgehead atoms. The largest absolute Gasteiger partial charge is 0.451 e. The second kappa shape index (κ2) is 4.97. The molecule has 6 heteroatoms. The molecule has 0 radical (unpaired) electrons. The number of benzene rings is 1. The summed E-state index contributed by atoms with van der Waals surface area (Å²) >= 11 is 0. The monoisotopic (exact) mass is 273 g/mol. The highest BCUT2D eigenvalue weighted by Gasteiger charge is 2.32.